The molecule has 0 radical (unpaired) electrons. The molecule has 2 rings (SSSR count). The minimum Gasteiger partial charge on any atom is -0.355 e. The standard InChI is InChI=1S/C14H20N2OS.ClH/c17-14(12-5-4-8-15-11-12)16-9-10-18-13-6-2-1-3-7-13;/h1-3,6-7,12,15H,4-5,8-11H2,(H,16,17);1H. The lowest BCUT2D eigenvalue weighted by Gasteiger charge is -2.21. The smallest absolute Gasteiger partial charge is 0.224 e. The third kappa shape index (κ3) is 5.85. The number of amides is 1. The maximum absolute atomic E-state index is 11.8. The molecule has 1 amide bonds. The number of carbonyl (C=O) groups is 1. The lowest BCUT2D eigenvalue weighted by atomic mass is 9.99. The van der Waals surface area contributed by atoms with E-state index < -0.39 is 0 Å². The van der Waals surface area contributed by atoms with Crippen LogP contribution >= 0.6 is 24.2 Å². The molecule has 1 aliphatic heterocycles. The fraction of sp³-hybridized carbons (Fsp3) is 0.500. The Kier molecular flexibility index (Phi) is 7.94. The molecule has 1 aromatic carbocycles. The molecule has 3 nitrogen and oxygen atoms in total. The topological polar surface area (TPSA) is 41.1 Å². The van der Waals surface area contributed by atoms with E-state index in [4.69, 9.17) is 0 Å². The summed E-state index contributed by atoms with van der Waals surface area (Å²) in [6.07, 6.45) is 2.13. The van der Waals surface area contributed by atoms with Crippen LogP contribution in [0.25, 0.3) is 0 Å². The highest BCUT2D eigenvalue weighted by Gasteiger charge is 2.19. The van der Waals surface area contributed by atoms with E-state index in [9.17, 15) is 4.79 Å². The van der Waals surface area contributed by atoms with Crippen LogP contribution in [-0.2, 0) is 4.79 Å². The van der Waals surface area contributed by atoms with Gasteiger partial charge in [-0.15, -0.1) is 24.2 Å². The molecule has 1 aromatic rings. The van der Waals surface area contributed by atoms with Gasteiger partial charge in [0.05, 0.1) is 5.92 Å². The Balaban J connectivity index is 0.00000180. The summed E-state index contributed by atoms with van der Waals surface area (Å²) in [6, 6.07) is 10.3. The van der Waals surface area contributed by atoms with Crippen LogP contribution in [0.1, 0.15) is 12.8 Å². The summed E-state index contributed by atoms with van der Waals surface area (Å²) in [5.74, 6) is 1.30. The van der Waals surface area contributed by atoms with Gasteiger partial charge < -0.3 is 10.6 Å². The molecule has 0 spiro atoms. The van der Waals surface area contributed by atoms with Crippen molar-refractivity contribution in [3.63, 3.8) is 0 Å². The number of benzene rings is 1. The van der Waals surface area contributed by atoms with Gasteiger partial charge in [-0.2, -0.15) is 0 Å². The second-order valence-electron chi connectivity index (χ2n) is 4.50. The molecular formula is C14H21ClN2OS. The summed E-state index contributed by atoms with van der Waals surface area (Å²) in [6.45, 7) is 2.63. The van der Waals surface area contributed by atoms with Crippen LogP contribution in [0.15, 0.2) is 35.2 Å². The molecule has 0 saturated carbocycles. The first-order chi connectivity index (χ1) is 8.86. The second-order valence-corrected chi connectivity index (χ2v) is 5.66. The van der Waals surface area contributed by atoms with Gasteiger partial charge in [-0.05, 0) is 31.5 Å². The highest BCUT2D eigenvalue weighted by atomic mass is 35.5. The quantitative estimate of drug-likeness (QED) is 0.648. The van der Waals surface area contributed by atoms with Crippen molar-refractivity contribution in [2.45, 2.75) is 17.7 Å². The minimum atomic E-state index is 0. The van der Waals surface area contributed by atoms with Crippen LogP contribution in [0.4, 0.5) is 0 Å². The third-order valence-electron chi connectivity index (χ3n) is 3.08. The molecule has 1 heterocycles. The van der Waals surface area contributed by atoms with Crippen molar-refractivity contribution in [3.05, 3.63) is 30.3 Å². The van der Waals surface area contributed by atoms with E-state index in [-0.39, 0.29) is 24.2 Å². The zero-order valence-electron chi connectivity index (χ0n) is 10.9. The monoisotopic (exact) mass is 300 g/mol. The van der Waals surface area contributed by atoms with Gasteiger partial charge in [0, 0.05) is 23.7 Å². The van der Waals surface area contributed by atoms with Gasteiger partial charge in [-0.3, -0.25) is 4.79 Å². The molecule has 5 heteroatoms. The fourth-order valence-corrected chi connectivity index (χ4v) is 2.87. The molecule has 1 atom stereocenters. The normalized spacial score (nSPS) is 18.4. The largest absolute Gasteiger partial charge is 0.355 e. The summed E-state index contributed by atoms with van der Waals surface area (Å²) in [4.78, 5) is 13.1. The Bertz CT molecular complexity index is 369. The lowest BCUT2D eigenvalue weighted by Crippen LogP contribution is -2.41. The summed E-state index contributed by atoms with van der Waals surface area (Å²) >= 11 is 1.78. The Morgan fingerprint density at radius 1 is 1.37 bits per heavy atom. The maximum Gasteiger partial charge on any atom is 0.224 e. The number of carbonyl (C=O) groups excluding carboxylic acids is 1. The maximum atomic E-state index is 11.8. The molecule has 1 saturated heterocycles. The molecule has 0 aromatic heterocycles. The molecule has 0 aliphatic carbocycles. The highest BCUT2D eigenvalue weighted by molar-refractivity contribution is 7.99. The van der Waals surface area contributed by atoms with Crippen molar-refractivity contribution in [1.82, 2.24) is 10.6 Å². The van der Waals surface area contributed by atoms with Gasteiger partial charge in [-0.25, -0.2) is 0 Å². The number of hydrogen-bond acceptors (Lipinski definition) is 3. The van der Waals surface area contributed by atoms with E-state index in [0.29, 0.717) is 0 Å². The molecule has 19 heavy (non-hydrogen) atoms. The first-order valence-electron chi connectivity index (χ1n) is 6.52. The Morgan fingerprint density at radius 2 is 2.16 bits per heavy atom. The molecule has 0 bridgehead atoms. The van der Waals surface area contributed by atoms with Crippen molar-refractivity contribution in [3.8, 4) is 0 Å². The molecule has 106 valence electrons. The Morgan fingerprint density at radius 3 is 2.84 bits per heavy atom. The predicted molar refractivity (Wildman–Crippen MR) is 83.0 cm³/mol. The SMILES string of the molecule is Cl.O=C(NCCSc1ccccc1)C1CCCNC1. The van der Waals surface area contributed by atoms with Crippen LogP contribution in [0.2, 0.25) is 0 Å². The Labute approximate surface area is 125 Å². The van der Waals surface area contributed by atoms with Crippen LogP contribution in [0.5, 0.6) is 0 Å². The van der Waals surface area contributed by atoms with Gasteiger partial charge in [0.15, 0.2) is 0 Å². The van der Waals surface area contributed by atoms with Crippen LogP contribution in [-0.4, -0.2) is 31.3 Å². The van der Waals surface area contributed by atoms with Gasteiger partial charge in [0.25, 0.3) is 0 Å². The second kappa shape index (κ2) is 9.23. The molecule has 1 fully saturated rings. The zero-order valence-corrected chi connectivity index (χ0v) is 12.6. The van der Waals surface area contributed by atoms with Crippen molar-refractivity contribution in [2.75, 3.05) is 25.4 Å². The highest BCUT2D eigenvalue weighted by Crippen LogP contribution is 2.16. The third-order valence-corrected chi connectivity index (χ3v) is 4.09. The number of rotatable bonds is 5. The van der Waals surface area contributed by atoms with Crippen molar-refractivity contribution in [2.24, 2.45) is 5.92 Å². The molecule has 1 unspecified atom stereocenters. The summed E-state index contributed by atoms with van der Waals surface area (Å²) < 4.78 is 0. The number of thioether (sulfide) groups is 1. The first-order valence-corrected chi connectivity index (χ1v) is 7.51. The number of piperidine rings is 1. The van der Waals surface area contributed by atoms with Crippen LogP contribution in [0, 0.1) is 5.92 Å². The summed E-state index contributed by atoms with van der Waals surface area (Å²) in [5, 5.41) is 6.29. The molecular weight excluding hydrogens is 280 g/mol. The average Bonchev–Trinajstić information content (AvgIpc) is 2.45. The van der Waals surface area contributed by atoms with Crippen LogP contribution in [0.3, 0.4) is 0 Å². The van der Waals surface area contributed by atoms with Gasteiger partial charge >= 0.3 is 0 Å². The van der Waals surface area contributed by atoms with Gasteiger partial charge in [0.1, 0.15) is 0 Å². The summed E-state index contributed by atoms with van der Waals surface area (Å²) in [5.41, 5.74) is 0. The van der Waals surface area contributed by atoms with Gasteiger partial charge in [0.2, 0.25) is 5.91 Å². The van der Waals surface area contributed by atoms with E-state index in [0.717, 1.165) is 38.2 Å². The number of halogens is 1. The number of nitrogens with one attached hydrogen (secondary N) is 2. The molecule has 2 N–H and O–H groups in total. The average molecular weight is 301 g/mol. The Hall–Kier alpha value is -0.710. The van der Waals surface area contributed by atoms with Crippen molar-refractivity contribution >= 4 is 30.1 Å². The molecule has 1 aliphatic rings. The summed E-state index contributed by atoms with van der Waals surface area (Å²) in [7, 11) is 0. The van der Waals surface area contributed by atoms with E-state index >= 15 is 0 Å². The van der Waals surface area contributed by atoms with E-state index in [2.05, 4.69) is 22.8 Å². The van der Waals surface area contributed by atoms with Crippen molar-refractivity contribution < 1.29 is 4.79 Å². The van der Waals surface area contributed by atoms with Crippen molar-refractivity contribution in [1.29, 1.82) is 0 Å². The minimum absolute atomic E-state index is 0. The van der Waals surface area contributed by atoms with E-state index in [1.54, 1.807) is 11.8 Å². The zero-order chi connectivity index (χ0) is 12.6. The number of hydrogen-bond donors (Lipinski definition) is 2. The van der Waals surface area contributed by atoms with Gasteiger partial charge in [-0.1, -0.05) is 18.2 Å². The van der Waals surface area contributed by atoms with Crippen LogP contribution < -0.4 is 10.6 Å². The first kappa shape index (κ1) is 16.3. The fourth-order valence-electron chi connectivity index (χ4n) is 2.08. The lowest BCUT2D eigenvalue weighted by molar-refractivity contribution is -0.125. The van der Waals surface area contributed by atoms with E-state index in [1.165, 1.54) is 4.90 Å². The predicted octanol–water partition coefficient (Wildman–Crippen LogP) is 2.32. The van der Waals surface area contributed by atoms with E-state index in [1.807, 2.05) is 18.2 Å².